The molecule has 0 spiro atoms. The minimum absolute atomic E-state index is 0. The predicted octanol–water partition coefficient (Wildman–Crippen LogP) is -1.66. The van der Waals surface area contributed by atoms with Crippen molar-refractivity contribution in [3.05, 3.63) is 24.0 Å². The second-order valence-electron chi connectivity index (χ2n) is 2.10. The summed E-state index contributed by atoms with van der Waals surface area (Å²) in [4.78, 5) is 2.45. The van der Waals surface area contributed by atoms with Crippen LogP contribution < -0.4 is 18.9 Å². The number of halogens is 3. The molecule has 0 fully saturated rings. The predicted molar refractivity (Wildman–Crippen MR) is 36.4 cm³/mol. The summed E-state index contributed by atoms with van der Waals surface area (Å²) in [6, 6.07) is 0.616. The van der Waals surface area contributed by atoms with Gasteiger partial charge in [-0.2, -0.15) is 13.2 Å². The second-order valence-corrected chi connectivity index (χ2v) is 3.01. The largest absolute Gasteiger partial charge is 1.00 e. The molecular formula is C6H3F3LiNO2S. The van der Waals surface area contributed by atoms with Gasteiger partial charge in [0.25, 0.3) is 0 Å². The number of aromatic nitrogens is 1. The molecule has 0 amide bonds. The third kappa shape index (κ3) is 3.10. The first-order valence-corrected chi connectivity index (χ1v) is 4.11. The third-order valence-electron chi connectivity index (χ3n) is 1.27. The third-order valence-corrected chi connectivity index (χ3v) is 1.95. The second kappa shape index (κ2) is 4.93. The Bertz CT molecular complexity index is 344. The molecule has 1 rings (SSSR count). The van der Waals surface area contributed by atoms with E-state index in [-0.39, 0.29) is 18.9 Å². The van der Waals surface area contributed by atoms with Crippen LogP contribution in [0.5, 0.6) is 0 Å². The van der Waals surface area contributed by atoms with E-state index in [1.807, 2.05) is 0 Å². The zero-order valence-corrected chi connectivity index (χ0v) is 7.85. The van der Waals surface area contributed by atoms with E-state index in [4.69, 9.17) is 0 Å². The van der Waals surface area contributed by atoms with Crippen LogP contribution in [-0.2, 0) is 17.3 Å². The van der Waals surface area contributed by atoms with Crippen molar-refractivity contribution in [2.24, 2.45) is 0 Å². The molecule has 72 valence electrons. The summed E-state index contributed by atoms with van der Waals surface area (Å²) in [7, 11) is 0. The Labute approximate surface area is 92.2 Å². The minimum Gasteiger partial charge on any atom is -0.768 e. The Kier molecular flexibility index (Phi) is 4.81. The number of hydrogen-bond donors (Lipinski definition) is 0. The van der Waals surface area contributed by atoms with Gasteiger partial charge in [-0.3, -0.25) is 9.19 Å². The summed E-state index contributed by atoms with van der Waals surface area (Å²) >= 11 is -2.92. The van der Waals surface area contributed by atoms with Crippen LogP contribution in [0, 0.1) is 0 Å². The molecule has 0 aliphatic rings. The van der Waals surface area contributed by atoms with E-state index in [2.05, 4.69) is 4.98 Å². The molecular weight excluding hydrogens is 214 g/mol. The molecule has 0 aliphatic heterocycles. The molecule has 0 aliphatic carbocycles. The van der Waals surface area contributed by atoms with Crippen LogP contribution in [0.2, 0.25) is 0 Å². The first-order valence-electron chi connectivity index (χ1n) is 3.03. The number of pyridine rings is 1. The van der Waals surface area contributed by atoms with Crippen molar-refractivity contribution in [2.45, 2.75) is 11.1 Å². The van der Waals surface area contributed by atoms with Gasteiger partial charge in [0.2, 0.25) is 0 Å². The van der Waals surface area contributed by atoms with Gasteiger partial charge in [-0.15, -0.1) is 0 Å². The molecule has 0 aromatic carbocycles. The molecule has 8 heteroatoms. The topological polar surface area (TPSA) is 53.0 Å². The van der Waals surface area contributed by atoms with Crippen molar-refractivity contribution >= 4 is 11.1 Å². The van der Waals surface area contributed by atoms with Crippen LogP contribution in [0.25, 0.3) is 0 Å². The summed E-state index contributed by atoms with van der Waals surface area (Å²) in [5, 5.41) is 0. The van der Waals surface area contributed by atoms with Crippen molar-refractivity contribution < 1.29 is 40.8 Å². The van der Waals surface area contributed by atoms with E-state index in [9.17, 15) is 21.9 Å². The van der Waals surface area contributed by atoms with Crippen LogP contribution in [0.1, 0.15) is 5.56 Å². The molecule has 3 nitrogen and oxygen atoms in total. The Morgan fingerprint density at radius 1 is 1.43 bits per heavy atom. The molecule has 1 heterocycles. The Hall–Kier alpha value is -0.353. The van der Waals surface area contributed by atoms with Crippen LogP contribution >= 0.6 is 0 Å². The van der Waals surface area contributed by atoms with Crippen LogP contribution in [0.3, 0.4) is 0 Å². The quantitative estimate of drug-likeness (QED) is 0.418. The summed E-state index contributed by atoms with van der Waals surface area (Å²) in [5.41, 5.74) is -1.20. The van der Waals surface area contributed by atoms with Crippen molar-refractivity contribution in [3.63, 3.8) is 0 Å². The summed E-state index contributed by atoms with van der Waals surface area (Å²) in [6.45, 7) is 0. The molecule has 14 heavy (non-hydrogen) atoms. The van der Waals surface area contributed by atoms with Crippen molar-refractivity contribution in [1.29, 1.82) is 0 Å². The summed E-state index contributed by atoms with van der Waals surface area (Å²) in [5.74, 6) is 0. The van der Waals surface area contributed by atoms with Gasteiger partial charge >= 0.3 is 25.0 Å². The van der Waals surface area contributed by atoms with Crippen molar-refractivity contribution in [2.75, 3.05) is 0 Å². The Balaban J connectivity index is 0.00000169. The Morgan fingerprint density at radius 2 is 2.00 bits per heavy atom. The minimum atomic E-state index is -4.67. The molecule has 1 aromatic heterocycles. The Morgan fingerprint density at radius 3 is 2.36 bits per heavy atom. The fourth-order valence-corrected chi connectivity index (χ4v) is 1.26. The molecule has 1 unspecified atom stereocenters. The van der Waals surface area contributed by atoms with E-state index < -0.39 is 27.7 Å². The van der Waals surface area contributed by atoms with Gasteiger partial charge in [-0.05, 0) is 17.1 Å². The van der Waals surface area contributed by atoms with Gasteiger partial charge in [0.05, 0.1) is 10.5 Å². The average molecular weight is 217 g/mol. The molecule has 0 N–H and O–H groups in total. The molecule has 0 saturated carbocycles. The summed E-state index contributed by atoms with van der Waals surface area (Å²) < 4.78 is 57.0. The van der Waals surface area contributed by atoms with Gasteiger partial charge in [0.1, 0.15) is 0 Å². The van der Waals surface area contributed by atoms with Crippen molar-refractivity contribution in [3.8, 4) is 0 Å². The van der Waals surface area contributed by atoms with E-state index in [0.717, 1.165) is 6.20 Å². The van der Waals surface area contributed by atoms with Gasteiger partial charge < -0.3 is 4.55 Å². The smallest absolute Gasteiger partial charge is 0.768 e. The van der Waals surface area contributed by atoms with Gasteiger partial charge in [-0.25, -0.2) is 0 Å². The monoisotopic (exact) mass is 217 g/mol. The normalized spacial score (nSPS) is 13.1. The fraction of sp³-hybridized carbons (Fsp3) is 0.167. The summed E-state index contributed by atoms with van der Waals surface area (Å²) in [6.07, 6.45) is -3.12. The van der Waals surface area contributed by atoms with Crippen LogP contribution in [0.4, 0.5) is 13.2 Å². The maximum absolute atomic E-state index is 12.1. The standard InChI is InChI=1S/C6H4F3NO2S.Li/c7-6(8,9)4-1-2-10-3-5(4)13(11)12;/h1-3H,(H,11,12);/q;+1/p-1. The molecule has 1 atom stereocenters. The molecule has 0 saturated heterocycles. The van der Waals surface area contributed by atoms with E-state index >= 15 is 0 Å². The maximum Gasteiger partial charge on any atom is 1.00 e. The zero-order chi connectivity index (χ0) is 10.1. The van der Waals surface area contributed by atoms with E-state index in [0.29, 0.717) is 12.3 Å². The first kappa shape index (κ1) is 13.6. The maximum atomic E-state index is 12.1. The van der Waals surface area contributed by atoms with E-state index in [1.54, 1.807) is 0 Å². The van der Waals surface area contributed by atoms with Gasteiger partial charge in [-0.1, -0.05) is 0 Å². The van der Waals surface area contributed by atoms with Gasteiger partial charge in [0.15, 0.2) is 0 Å². The molecule has 1 aromatic rings. The van der Waals surface area contributed by atoms with Crippen LogP contribution in [0.15, 0.2) is 23.4 Å². The van der Waals surface area contributed by atoms with Crippen LogP contribution in [-0.4, -0.2) is 13.7 Å². The van der Waals surface area contributed by atoms with E-state index in [1.165, 1.54) is 0 Å². The number of rotatable bonds is 1. The SMILES string of the molecule is O=S([O-])c1cnccc1C(F)(F)F.[Li+]. The fourth-order valence-electron chi connectivity index (χ4n) is 0.747. The number of alkyl halides is 3. The number of hydrogen-bond acceptors (Lipinski definition) is 3. The zero-order valence-electron chi connectivity index (χ0n) is 7.04. The molecule has 0 bridgehead atoms. The average Bonchev–Trinajstić information content (AvgIpc) is 2.03. The number of nitrogens with zero attached hydrogens (tertiary/aromatic N) is 1. The first-order chi connectivity index (χ1) is 5.93. The van der Waals surface area contributed by atoms with Crippen molar-refractivity contribution in [1.82, 2.24) is 4.98 Å². The molecule has 0 radical (unpaired) electrons. The van der Waals surface area contributed by atoms with Gasteiger partial charge in [0, 0.05) is 12.4 Å².